The first-order chi connectivity index (χ1) is 13.0. The molecular formula is C19H21FN6O. The number of carbonyl (C=O) groups excluding carboxylic acids is 1. The van der Waals surface area contributed by atoms with Crippen LogP contribution in [0.5, 0.6) is 0 Å². The molecule has 0 aliphatic carbocycles. The Bertz CT molecular complexity index is 985. The van der Waals surface area contributed by atoms with Gasteiger partial charge in [0.15, 0.2) is 0 Å². The Balaban J connectivity index is 1.64. The van der Waals surface area contributed by atoms with Crippen molar-refractivity contribution in [2.24, 2.45) is 0 Å². The van der Waals surface area contributed by atoms with Gasteiger partial charge < -0.3 is 15.5 Å². The second-order valence-corrected chi connectivity index (χ2v) is 6.82. The van der Waals surface area contributed by atoms with Crippen LogP contribution in [0.4, 0.5) is 10.2 Å². The molecule has 8 heteroatoms. The van der Waals surface area contributed by atoms with E-state index in [1.807, 2.05) is 28.8 Å². The first-order valence-electron chi connectivity index (χ1n) is 8.80. The Morgan fingerprint density at radius 3 is 2.93 bits per heavy atom. The minimum absolute atomic E-state index is 0.0719. The Hall–Kier alpha value is -3.00. The smallest absolute Gasteiger partial charge is 0.253 e. The monoisotopic (exact) mass is 368 g/mol. The standard InChI is InChI=1S/C19H21FN6O/c1-25(2)19(27)12-6-7-26-16(11-22-18(26)8-12)14-4-3-5-17(23-14)24-15-10-21-9-13(15)20/h3-8,11,13,15,21H,9-10H2,1-2H3,(H,23,24). The lowest BCUT2D eigenvalue weighted by atomic mass is 10.2. The summed E-state index contributed by atoms with van der Waals surface area (Å²) in [5.41, 5.74) is 2.77. The van der Waals surface area contributed by atoms with Crippen molar-refractivity contribution in [2.45, 2.75) is 12.2 Å². The van der Waals surface area contributed by atoms with Crippen LogP contribution in [0.25, 0.3) is 17.0 Å². The average Bonchev–Trinajstić information content (AvgIpc) is 3.27. The number of nitrogens with zero attached hydrogens (tertiary/aromatic N) is 4. The summed E-state index contributed by atoms with van der Waals surface area (Å²) in [4.78, 5) is 22.7. The molecule has 140 valence electrons. The van der Waals surface area contributed by atoms with Crippen molar-refractivity contribution in [1.82, 2.24) is 24.6 Å². The Morgan fingerprint density at radius 1 is 1.33 bits per heavy atom. The highest BCUT2D eigenvalue weighted by Crippen LogP contribution is 2.22. The first kappa shape index (κ1) is 17.4. The van der Waals surface area contributed by atoms with Gasteiger partial charge in [-0.15, -0.1) is 0 Å². The third-order valence-electron chi connectivity index (χ3n) is 4.65. The van der Waals surface area contributed by atoms with Gasteiger partial charge in [0.05, 0.1) is 23.6 Å². The van der Waals surface area contributed by atoms with E-state index in [1.54, 1.807) is 32.4 Å². The Kier molecular flexibility index (Phi) is 4.49. The number of halogens is 1. The van der Waals surface area contributed by atoms with Gasteiger partial charge >= 0.3 is 0 Å². The molecule has 1 aliphatic rings. The zero-order valence-corrected chi connectivity index (χ0v) is 15.2. The van der Waals surface area contributed by atoms with Crippen LogP contribution in [-0.2, 0) is 0 Å². The van der Waals surface area contributed by atoms with Crippen LogP contribution in [0.2, 0.25) is 0 Å². The van der Waals surface area contributed by atoms with E-state index >= 15 is 0 Å². The number of alkyl halides is 1. The summed E-state index contributed by atoms with van der Waals surface area (Å²) in [7, 11) is 3.43. The van der Waals surface area contributed by atoms with Gasteiger partial charge in [0.2, 0.25) is 0 Å². The van der Waals surface area contributed by atoms with Crippen LogP contribution in [0.1, 0.15) is 10.4 Å². The molecule has 2 atom stereocenters. The minimum atomic E-state index is -0.932. The summed E-state index contributed by atoms with van der Waals surface area (Å²) < 4.78 is 15.7. The van der Waals surface area contributed by atoms with Crippen molar-refractivity contribution in [2.75, 3.05) is 32.5 Å². The number of amides is 1. The van der Waals surface area contributed by atoms with Crippen molar-refractivity contribution in [3.63, 3.8) is 0 Å². The fourth-order valence-electron chi connectivity index (χ4n) is 3.20. The molecule has 1 amide bonds. The van der Waals surface area contributed by atoms with Crippen molar-refractivity contribution < 1.29 is 9.18 Å². The molecule has 27 heavy (non-hydrogen) atoms. The molecule has 0 radical (unpaired) electrons. The topological polar surface area (TPSA) is 74.6 Å². The summed E-state index contributed by atoms with van der Waals surface area (Å²) in [5, 5.41) is 6.17. The lowest BCUT2D eigenvalue weighted by Crippen LogP contribution is -2.29. The lowest BCUT2D eigenvalue weighted by molar-refractivity contribution is 0.0827. The van der Waals surface area contributed by atoms with Crippen molar-refractivity contribution in [3.05, 3.63) is 48.3 Å². The first-order valence-corrected chi connectivity index (χ1v) is 8.80. The Morgan fingerprint density at radius 2 is 2.19 bits per heavy atom. The van der Waals surface area contributed by atoms with Gasteiger partial charge in [-0.25, -0.2) is 14.4 Å². The molecule has 4 rings (SSSR count). The van der Waals surface area contributed by atoms with E-state index in [4.69, 9.17) is 0 Å². The van der Waals surface area contributed by atoms with Crippen molar-refractivity contribution >= 4 is 17.4 Å². The zero-order valence-electron chi connectivity index (χ0n) is 15.2. The molecule has 0 spiro atoms. The van der Waals surface area contributed by atoms with E-state index in [9.17, 15) is 9.18 Å². The van der Waals surface area contributed by atoms with Crippen LogP contribution in [-0.4, -0.2) is 64.6 Å². The molecule has 1 aliphatic heterocycles. The molecule has 1 saturated heterocycles. The predicted octanol–water partition coefficient (Wildman–Crippen LogP) is 1.82. The minimum Gasteiger partial charge on any atom is -0.363 e. The van der Waals surface area contributed by atoms with Crippen molar-refractivity contribution in [3.8, 4) is 11.4 Å². The van der Waals surface area contributed by atoms with Gasteiger partial charge in [-0.05, 0) is 24.3 Å². The summed E-state index contributed by atoms with van der Waals surface area (Å²) in [6.07, 6.45) is 2.61. The van der Waals surface area contributed by atoms with Gasteiger partial charge in [0, 0.05) is 38.9 Å². The van der Waals surface area contributed by atoms with E-state index in [0.29, 0.717) is 30.1 Å². The van der Waals surface area contributed by atoms with E-state index < -0.39 is 6.17 Å². The molecular weight excluding hydrogens is 347 g/mol. The highest BCUT2D eigenvalue weighted by atomic mass is 19.1. The maximum Gasteiger partial charge on any atom is 0.253 e. The highest BCUT2D eigenvalue weighted by molar-refractivity contribution is 5.94. The van der Waals surface area contributed by atoms with E-state index in [0.717, 1.165) is 11.4 Å². The van der Waals surface area contributed by atoms with Gasteiger partial charge in [0.1, 0.15) is 17.6 Å². The number of hydrogen-bond acceptors (Lipinski definition) is 5. The molecule has 7 nitrogen and oxygen atoms in total. The fraction of sp³-hybridized carbons (Fsp3) is 0.316. The summed E-state index contributed by atoms with van der Waals surface area (Å²) in [6, 6.07) is 8.82. The number of nitrogens with one attached hydrogen (secondary N) is 2. The Labute approximate surface area is 156 Å². The molecule has 1 fully saturated rings. The SMILES string of the molecule is CN(C)C(=O)c1ccn2c(-c3cccc(NC4CNCC4F)n3)cnc2c1. The molecule has 0 saturated carbocycles. The average molecular weight is 368 g/mol. The van der Waals surface area contributed by atoms with Crippen LogP contribution in [0, 0.1) is 0 Å². The molecule has 0 aromatic carbocycles. The highest BCUT2D eigenvalue weighted by Gasteiger charge is 2.26. The number of pyridine rings is 2. The van der Waals surface area contributed by atoms with Crippen LogP contribution < -0.4 is 10.6 Å². The van der Waals surface area contributed by atoms with Crippen LogP contribution in [0.3, 0.4) is 0 Å². The number of rotatable bonds is 4. The third kappa shape index (κ3) is 3.35. The summed E-state index contributed by atoms with van der Waals surface area (Å²) in [5.74, 6) is 0.551. The lowest BCUT2D eigenvalue weighted by Gasteiger charge is -2.15. The largest absolute Gasteiger partial charge is 0.363 e. The summed E-state index contributed by atoms with van der Waals surface area (Å²) in [6.45, 7) is 0.935. The maximum atomic E-state index is 13.8. The van der Waals surface area contributed by atoms with Gasteiger partial charge in [-0.3, -0.25) is 9.20 Å². The maximum absolute atomic E-state index is 13.8. The third-order valence-corrected chi connectivity index (χ3v) is 4.65. The van der Waals surface area contributed by atoms with E-state index in [1.165, 1.54) is 4.90 Å². The summed E-state index contributed by atoms with van der Waals surface area (Å²) >= 11 is 0. The van der Waals surface area contributed by atoms with Gasteiger partial charge in [0.25, 0.3) is 5.91 Å². The van der Waals surface area contributed by atoms with E-state index in [2.05, 4.69) is 20.6 Å². The fourth-order valence-corrected chi connectivity index (χ4v) is 3.20. The molecule has 2 N–H and O–H groups in total. The number of carbonyl (C=O) groups is 1. The van der Waals surface area contributed by atoms with Gasteiger partial charge in [-0.2, -0.15) is 0 Å². The van der Waals surface area contributed by atoms with Crippen molar-refractivity contribution in [1.29, 1.82) is 0 Å². The normalized spacial score (nSPS) is 19.4. The zero-order chi connectivity index (χ0) is 19.0. The second-order valence-electron chi connectivity index (χ2n) is 6.82. The van der Waals surface area contributed by atoms with Crippen LogP contribution in [0.15, 0.2) is 42.7 Å². The molecule has 3 aromatic heterocycles. The quantitative estimate of drug-likeness (QED) is 0.735. The molecule has 2 unspecified atom stereocenters. The number of anilines is 1. The van der Waals surface area contributed by atoms with Crippen LogP contribution >= 0.6 is 0 Å². The number of hydrogen-bond donors (Lipinski definition) is 2. The predicted molar refractivity (Wildman–Crippen MR) is 102 cm³/mol. The number of fused-ring (bicyclic) bond motifs is 1. The molecule has 0 bridgehead atoms. The molecule has 3 aromatic rings. The molecule has 4 heterocycles. The van der Waals surface area contributed by atoms with Gasteiger partial charge in [-0.1, -0.05) is 6.07 Å². The second kappa shape index (κ2) is 6.96. The van der Waals surface area contributed by atoms with E-state index in [-0.39, 0.29) is 11.9 Å². The number of imidazole rings is 1. The number of aromatic nitrogens is 3.